The summed E-state index contributed by atoms with van der Waals surface area (Å²) in [6.07, 6.45) is 13.5. The maximum absolute atomic E-state index is 5.87. The van der Waals surface area contributed by atoms with Gasteiger partial charge in [0.2, 0.25) is 0 Å². The number of nitrogens with zero attached hydrogens (tertiary/aromatic N) is 1. The van der Waals surface area contributed by atoms with Gasteiger partial charge in [0, 0.05) is 26.2 Å². The Balaban J connectivity index is 0.00000220. The normalized spacial score (nSPS) is 21.1. The van der Waals surface area contributed by atoms with Gasteiger partial charge in [-0.3, -0.25) is 4.99 Å². The van der Waals surface area contributed by atoms with E-state index in [2.05, 4.69) is 15.6 Å². The lowest BCUT2D eigenvalue weighted by atomic mass is 9.96. The van der Waals surface area contributed by atoms with Crippen LogP contribution in [0, 0.1) is 0 Å². The van der Waals surface area contributed by atoms with Crippen LogP contribution in [0.15, 0.2) is 4.99 Å². The summed E-state index contributed by atoms with van der Waals surface area (Å²) in [6.45, 7) is 1.82. The van der Waals surface area contributed by atoms with Crippen LogP contribution in [-0.2, 0) is 4.74 Å². The van der Waals surface area contributed by atoms with Gasteiger partial charge < -0.3 is 15.4 Å². The molecule has 0 unspecified atom stereocenters. The van der Waals surface area contributed by atoms with Crippen molar-refractivity contribution in [3.05, 3.63) is 0 Å². The molecule has 124 valence electrons. The summed E-state index contributed by atoms with van der Waals surface area (Å²) in [5.74, 6) is 0.956. The van der Waals surface area contributed by atoms with Gasteiger partial charge in [-0.15, -0.1) is 24.0 Å². The molecule has 5 heteroatoms. The predicted molar refractivity (Wildman–Crippen MR) is 99.6 cm³/mol. The first-order valence-corrected chi connectivity index (χ1v) is 8.47. The van der Waals surface area contributed by atoms with Crippen molar-refractivity contribution in [2.45, 2.75) is 76.4 Å². The van der Waals surface area contributed by atoms with Crippen LogP contribution in [0.1, 0.15) is 64.2 Å². The minimum absolute atomic E-state index is 0. The molecule has 0 saturated heterocycles. The van der Waals surface area contributed by atoms with Crippen molar-refractivity contribution in [3.63, 3.8) is 0 Å². The molecule has 2 saturated carbocycles. The molecule has 0 heterocycles. The fourth-order valence-corrected chi connectivity index (χ4v) is 3.22. The fraction of sp³-hybridized carbons (Fsp3) is 0.938. The lowest BCUT2D eigenvalue weighted by molar-refractivity contribution is 0.0574. The van der Waals surface area contributed by atoms with Gasteiger partial charge in [-0.05, 0) is 32.1 Å². The number of hydrogen-bond acceptors (Lipinski definition) is 2. The van der Waals surface area contributed by atoms with E-state index in [9.17, 15) is 0 Å². The monoisotopic (exact) mass is 409 g/mol. The third-order valence-electron chi connectivity index (χ3n) is 4.44. The minimum atomic E-state index is 0. The highest BCUT2D eigenvalue weighted by atomic mass is 127. The zero-order valence-electron chi connectivity index (χ0n) is 13.4. The summed E-state index contributed by atoms with van der Waals surface area (Å²) in [5, 5.41) is 6.94. The predicted octanol–water partition coefficient (Wildman–Crippen LogP) is 3.45. The molecule has 0 aliphatic heterocycles. The van der Waals surface area contributed by atoms with E-state index in [1.807, 2.05) is 7.05 Å². The molecule has 0 radical (unpaired) electrons. The number of ether oxygens (including phenoxy) is 1. The van der Waals surface area contributed by atoms with Crippen LogP contribution in [0.2, 0.25) is 0 Å². The summed E-state index contributed by atoms with van der Waals surface area (Å²) in [5.41, 5.74) is 0. The Morgan fingerprint density at radius 1 is 1.05 bits per heavy atom. The van der Waals surface area contributed by atoms with Gasteiger partial charge in [0.25, 0.3) is 0 Å². The molecule has 2 fully saturated rings. The second-order valence-corrected chi connectivity index (χ2v) is 6.11. The van der Waals surface area contributed by atoms with Gasteiger partial charge in [0.05, 0.1) is 6.10 Å². The van der Waals surface area contributed by atoms with Gasteiger partial charge in [-0.25, -0.2) is 0 Å². The van der Waals surface area contributed by atoms with E-state index in [0.29, 0.717) is 12.1 Å². The van der Waals surface area contributed by atoms with Crippen molar-refractivity contribution in [2.24, 2.45) is 4.99 Å². The SMILES string of the molecule is CN=C(NCCCOC1CCCC1)NC1CCCCC1.I. The standard InChI is InChI=1S/C16H31N3O.HI/c1-17-16(19-14-8-3-2-4-9-14)18-12-7-13-20-15-10-5-6-11-15;/h14-15H,2-13H2,1H3,(H2,17,18,19);1H. The van der Waals surface area contributed by atoms with E-state index in [1.165, 1.54) is 57.8 Å². The highest BCUT2D eigenvalue weighted by molar-refractivity contribution is 14.0. The molecule has 2 rings (SSSR count). The van der Waals surface area contributed by atoms with Crippen molar-refractivity contribution in [1.29, 1.82) is 0 Å². The molecule has 2 aliphatic rings. The second-order valence-electron chi connectivity index (χ2n) is 6.11. The average Bonchev–Trinajstić information content (AvgIpc) is 3.00. The van der Waals surface area contributed by atoms with Crippen molar-refractivity contribution >= 4 is 29.9 Å². The Kier molecular flexibility index (Phi) is 10.4. The summed E-state index contributed by atoms with van der Waals surface area (Å²) < 4.78 is 5.87. The minimum Gasteiger partial charge on any atom is -0.378 e. The topological polar surface area (TPSA) is 45.7 Å². The number of aliphatic imine (C=N–C) groups is 1. The lowest BCUT2D eigenvalue weighted by Gasteiger charge is -2.24. The molecule has 21 heavy (non-hydrogen) atoms. The maximum Gasteiger partial charge on any atom is 0.191 e. The maximum atomic E-state index is 5.87. The Hall–Kier alpha value is -0.0400. The van der Waals surface area contributed by atoms with Crippen molar-refractivity contribution < 1.29 is 4.74 Å². The molecule has 2 N–H and O–H groups in total. The molecule has 0 aromatic carbocycles. The smallest absolute Gasteiger partial charge is 0.191 e. The average molecular weight is 409 g/mol. The molecule has 0 aromatic heterocycles. The van der Waals surface area contributed by atoms with Crippen LogP contribution in [-0.4, -0.2) is 38.3 Å². The highest BCUT2D eigenvalue weighted by Gasteiger charge is 2.15. The summed E-state index contributed by atoms with van der Waals surface area (Å²) in [4.78, 5) is 4.31. The molecule has 0 aromatic rings. The van der Waals surface area contributed by atoms with E-state index in [4.69, 9.17) is 4.74 Å². The molecule has 0 spiro atoms. The quantitative estimate of drug-likeness (QED) is 0.306. The molecule has 0 amide bonds. The van der Waals surface area contributed by atoms with E-state index in [-0.39, 0.29) is 24.0 Å². The van der Waals surface area contributed by atoms with E-state index in [1.54, 1.807) is 0 Å². The summed E-state index contributed by atoms with van der Waals surface area (Å²) >= 11 is 0. The van der Waals surface area contributed by atoms with Crippen molar-refractivity contribution in [3.8, 4) is 0 Å². The van der Waals surface area contributed by atoms with Gasteiger partial charge >= 0.3 is 0 Å². The van der Waals surface area contributed by atoms with Crippen molar-refractivity contribution in [1.82, 2.24) is 10.6 Å². The number of rotatable bonds is 6. The van der Waals surface area contributed by atoms with Crippen LogP contribution in [0.4, 0.5) is 0 Å². The van der Waals surface area contributed by atoms with Gasteiger partial charge in [0.1, 0.15) is 0 Å². The zero-order chi connectivity index (χ0) is 14.0. The molecular weight excluding hydrogens is 377 g/mol. The van der Waals surface area contributed by atoms with Crippen molar-refractivity contribution in [2.75, 3.05) is 20.2 Å². The molecule has 4 nitrogen and oxygen atoms in total. The highest BCUT2D eigenvalue weighted by Crippen LogP contribution is 2.20. The largest absolute Gasteiger partial charge is 0.378 e. The Morgan fingerprint density at radius 3 is 2.38 bits per heavy atom. The van der Waals surface area contributed by atoms with Crippen LogP contribution in [0.25, 0.3) is 0 Å². The van der Waals surface area contributed by atoms with Crippen LogP contribution in [0.5, 0.6) is 0 Å². The van der Waals surface area contributed by atoms with E-state index in [0.717, 1.165) is 25.5 Å². The van der Waals surface area contributed by atoms with Gasteiger partial charge in [-0.2, -0.15) is 0 Å². The van der Waals surface area contributed by atoms with E-state index < -0.39 is 0 Å². The summed E-state index contributed by atoms with van der Waals surface area (Å²) in [6, 6.07) is 0.615. The lowest BCUT2D eigenvalue weighted by Crippen LogP contribution is -2.44. The van der Waals surface area contributed by atoms with Gasteiger partial charge in [0.15, 0.2) is 5.96 Å². The van der Waals surface area contributed by atoms with E-state index >= 15 is 0 Å². The first-order valence-electron chi connectivity index (χ1n) is 8.47. The summed E-state index contributed by atoms with van der Waals surface area (Å²) in [7, 11) is 1.85. The Morgan fingerprint density at radius 2 is 1.71 bits per heavy atom. The molecule has 2 aliphatic carbocycles. The molecular formula is C16H32IN3O. The first kappa shape index (κ1) is 19.0. The number of hydrogen-bond donors (Lipinski definition) is 2. The molecule has 0 atom stereocenters. The third-order valence-corrected chi connectivity index (χ3v) is 4.44. The Bertz CT molecular complexity index is 287. The Labute approximate surface area is 146 Å². The fourth-order valence-electron chi connectivity index (χ4n) is 3.22. The zero-order valence-corrected chi connectivity index (χ0v) is 15.7. The van der Waals surface area contributed by atoms with Crippen LogP contribution >= 0.6 is 24.0 Å². The number of guanidine groups is 1. The first-order chi connectivity index (χ1) is 9.88. The molecule has 0 bridgehead atoms. The van der Waals surface area contributed by atoms with Crippen LogP contribution < -0.4 is 10.6 Å². The number of halogens is 1. The second kappa shape index (κ2) is 11.5. The van der Waals surface area contributed by atoms with Gasteiger partial charge in [-0.1, -0.05) is 32.1 Å². The number of nitrogens with one attached hydrogen (secondary N) is 2. The van der Waals surface area contributed by atoms with Crippen LogP contribution in [0.3, 0.4) is 0 Å². The third kappa shape index (κ3) is 7.68.